The van der Waals surface area contributed by atoms with Gasteiger partial charge < -0.3 is 24.6 Å². The van der Waals surface area contributed by atoms with E-state index in [1.54, 1.807) is 25.1 Å². The first kappa shape index (κ1) is 27.7. The predicted molar refractivity (Wildman–Crippen MR) is 143 cm³/mol. The number of esters is 1. The van der Waals surface area contributed by atoms with E-state index in [9.17, 15) is 19.2 Å². The third-order valence-electron chi connectivity index (χ3n) is 7.25. The zero-order chi connectivity index (χ0) is 28.2. The second-order valence-corrected chi connectivity index (χ2v) is 9.62. The highest BCUT2D eigenvalue weighted by atomic mass is 16.5. The Morgan fingerprint density at radius 1 is 1.13 bits per heavy atom. The zero-order valence-corrected chi connectivity index (χ0v) is 22.5. The minimum atomic E-state index is -0.837. The van der Waals surface area contributed by atoms with Gasteiger partial charge in [-0.15, -0.1) is 0 Å². The molecule has 0 bridgehead atoms. The van der Waals surface area contributed by atoms with Gasteiger partial charge in [-0.1, -0.05) is 37.0 Å². The smallest absolute Gasteiger partial charge is 0.322 e. The Kier molecular flexibility index (Phi) is 8.21. The SMILES string of the molecule is CCN1CCC(C(=O)OC)(c2ccc(C#CC3NC(=O)NC3=O)cc2)C1.COc1ccc2c(c1)C(=O)N(C)C2. The van der Waals surface area contributed by atoms with Gasteiger partial charge in [-0.05, 0) is 54.9 Å². The largest absolute Gasteiger partial charge is 0.497 e. The summed E-state index contributed by atoms with van der Waals surface area (Å²) in [6.07, 6.45) is 0.715. The van der Waals surface area contributed by atoms with Crippen LogP contribution in [0.3, 0.4) is 0 Å². The molecule has 5 rings (SSSR count). The average molecular weight is 533 g/mol. The number of imide groups is 1. The van der Waals surface area contributed by atoms with Crippen molar-refractivity contribution in [1.29, 1.82) is 0 Å². The van der Waals surface area contributed by atoms with Crippen molar-refractivity contribution in [1.82, 2.24) is 20.4 Å². The van der Waals surface area contributed by atoms with E-state index >= 15 is 0 Å². The van der Waals surface area contributed by atoms with E-state index in [4.69, 9.17) is 9.47 Å². The lowest BCUT2D eigenvalue weighted by molar-refractivity contribution is -0.147. The van der Waals surface area contributed by atoms with E-state index in [0.717, 1.165) is 35.5 Å². The first-order chi connectivity index (χ1) is 18.7. The van der Waals surface area contributed by atoms with Gasteiger partial charge in [-0.25, -0.2) is 4.79 Å². The molecular formula is C29H32N4O6. The second-order valence-electron chi connectivity index (χ2n) is 9.62. The molecule has 0 radical (unpaired) electrons. The summed E-state index contributed by atoms with van der Waals surface area (Å²) in [4.78, 5) is 50.5. The number of carbonyl (C=O) groups excluding carboxylic acids is 4. The number of ether oxygens (including phenoxy) is 2. The molecule has 39 heavy (non-hydrogen) atoms. The van der Waals surface area contributed by atoms with Gasteiger partial charge >= 0.3 is 12.0 Å². The van der Waals surface area contributed by atoms with Crippen molar-refractivity contribution >= 4 is 23.8 Å². The highest BCUT2D eigenvalue weighted by Crippen LogP contribution is 2.36. The topological polar surface area (TPSA) is 117 Å². The van der Waals surface area contributed by atoms with Gasteiger partial charge in [-0.2, -0.15) is 0 Å². The monoisotopic (exact) mass is 532 g/mol. The first-order valence-electron chi connectivity index (χ1n) is 12.7. The maximum atomic E-state index is 12.5. The van der Waals surface area contributed by atoms with Crippen LogP contribution in [-0.4, -0.2) is 80.6 Å². The van der Waals surface area contributed by atoms with Crippen molar-refractivity contribution in [2.75, 3.05) is 40.9 Å². The number of fused-ring (bicyclic) bond motifs is 1. The number of amides is 4. The fourth-order valence-corrected chi connectivity index (χ4v) is 4.97. The summed E-state index contributed by atoms with van der Waals surface area (Å²) in [6, 6.07) is 11.6. The van der Waals surface area contributed by atoms with Crippen LogP contribution in [0, 0.1) is 11.8 Å². The number of hydrogen-bond acceptors (Lipinski definition) is 7. The lowest BCUT2D eigenvalue weighted by Crippen LogP contribution is -2.39. The molecule has 2 saturated heterocycles. The molecule has 2 aromatic carbocycles. The molecule has 0 saturated carbocycles. The minimum Gasteiger partial charge on any atom is -0.497 e. The molecule has 10 heteroatoms. The van der Waals surface area contributed by atoms with E-state index in [0.29, 0.717) is 25.1 Å². The van der Waals surface area contributed by atoms with E-state index in [1.807, 2.05) is 36.4 Å². The van der Waals surface area contributed by atoms with Gasteiger partial charge in [0.2, 0.25) is 0 Å². The van der Waals surface area contributed by atoms with Crippen LogP contribution in [0.1, 0.15) is 40.4 Å². The number of benzene rings is 2. The fraction of sp³-hybridized carbons (Fsp3) is 0.379. The van der Waals surface area contributed by atoms with Crippen molar-refractivity contribution in [3.8, 4) is 17.6 Å². The highest BCUT2D eigenvalue weighted by Gasteiger charge is 2.46. The molecule has 2 unspecified atom stereocenters. The highest BCUT2D eigenvalue weighted by molar-refractivity contribution is 6.05. The van der Waals surface area contributed by atoms with Crippen molar-refractivity contribution in [2.45, 2.75) is 31.3 Å². The van der Waals surface area contributed by atoms with Crippen molar-refractivity contribution in [3.63, 3.8) is 0 Å². The Balaban J connectivity index is 0.000000226. The van der Waals surface area contributed by atoms with Crippen molar-refractivity contribution < 1.29 is 28.7 Å². The normalized spacial score (nSPS) is 21.7. The van der Waals surface area contributed by atoms with Crippen LogP contribution < -0.4 is 15.4 Å². The maximum absolute atomic E-state index is 12.5. The lowest BCUT2D eigenvalue weighted by atomic mass is 9.79. The van der Waals surface area contributed by atoms with Crippen molar-refractivity contribution in [2.24, 2.45) is 0 Å². The summed E-state index contributed by atoms with van der Waals surface area (Å²) in [7, 11) is 4.82. The molecular weight excluding hydrogens is 500 g/mol. The van der Waals surface area contributed by atoms with Gasteiger partial charge in [0.15, 0.2) is 6.04 Å². The minimum absolute atomic E-state index is 0.0777. The Bertz CT molecular complexity index is 1350. The lowest BCUT2D eigenvalue weighted by Gasteiger charge is -2.27. The summed E-state index contributed by atoms with van der Waals surface area (Å²) < 4.78 is 10.1. The number of likely N-dealkylation sites (tertiary alicyclic amines) is 1. The molecule has 2 atom stereocenters. The summed E-state index contributed by atoms with van der Waals surface area (Å²) in [5, 5.41) is 4.57. The second kappa shape index (κ2) is 11.6. The molecule has 3 aliphatic rings. The van der Waals surface area contributed by atoms with Crippen LogP contribution >= 0.6 is 0 Å². The first-order valence-corrected chi connectivity index (χ1v) is 12.7. The van der Waals surface area contributed by atoms with Gasteiger partial charge in [0, 0.05) is 31.3 Å². The summed E-state index contributed by atoms with van der Waals surface area (Å²) in [5.41, 5.74) is 2.79. The summed E-state index contributed by atoms with van der Waals surface area (Å²) in [6.45, 7) is 5.15. The van der Waals surface area contributed by atoms with Crippen LogP contribution in [0.4, 0.5) is 4.79 Å². The third-order valence-corrected chi connectivity index (χ3v) is 7.25. The standard InChI is InChI=1S/C19H21N3O4.C10H11NO2/c1-3-22-11-10-19(12-22,17(24)26-2)14-7-4-13(5-8-14)6-9-15-16(23)21-18(25)20-15;1-11-6-7-3-4-8(13-2)5-9(7)10(11)12/h4-5,7-8,15H,3,10-12H2,1-2H3,(H2,20,21,23,25);3-5H,6H2,1-2H3. The van der Waals surface area contributed by atoms with Crippen LogP contribution in [0.5, 0.6) is 5.75 Å². The number of carbonyl (C=O) groups is 4. The van der Waals surface area contributed by atoms with Crippen LogP contribution in [0.15, 0.2) is 42.5 Å². The zero-order valence-electron chi connectivity index (χ0n) is 22.5. The maximum Gasteiger partial charge on any atom is 0.322 e. The Labute approximate surface area is 227 Å². The van der Waals surface area contributed by atoms with Gasteiger partial charge in [0.05, 0.1) is 14.2 Å². The molecule has 4 amide bonds. The molecule has 204 valence electrons. The number of hydrogen-bond donors (Lipinski definition) is 2. The number of nitrogens with zero attached hydrogens (tertiary/aromatic N) is 2. The van der Waals surface area contributed by atoms with Gasteiger partial charge in [-0.3, -0.25) is 19.7 Å². The van der Waals surface area contributed by atoms with Crippen LogP contribution in [0.25, 0.3) is 0 Å². The third kappa shape index (κ3) is 5.73. The van der Waals surface area contributed by atoms with E-state index in [1.165, 1.54) is 7.11 Å². The van der Waals surface area contributed by atoms with Gasteiger partial charge in [0.1, 0.15) is 11.2 Å². The molecule has 2 fully saturated rings. The molecule has 0 spiro atoms. The Morgan fingerprint density at radius 2 is 1.87 bits per heavy atom. The number of urea groups is 1. The quantitative estimate of drug-likeness (QED) is 0.350. The fourth-order valence-electron chi connectivity index (χ4n) is 4.97. The predicted octanol–water partition coefficient (Wildman–Crippen LogP) is 1.66. The number of likely N-dealkylation sites (N-methyl/N-ethyl adjacent to an activating group) is 1. The summed E-state index contributed by atoms with van der Waals surface area (Å²) in [5.74, 6) is 5.75. The number of methoxy groups -OCH3 is 2. The summed E-state index contributed by atoms with van der Waals surface area (Å²) >= 11 is 0. The molecule has 3 aliphatic heterocycles. The number of rotatable bonds is 4. The van der Waals surface area contributed by atoms with Crippen LogP contribution in [0.2, 0.25) is 0 Å². The molecule has 10 nitrogen and oxygen atoms in total. The number of nitrogens with one attached hydrogen (secondary N) is 2. The molecule has 2 aromatic rings. The Morgan fingerprint density at radius 3 is 2.46 bits per heavy atom. The molecule has 3 heterocycles. The molecule has 0 aliphatic carbocycles. The van der Waals surface area contributed by atoms with Crippen molar-refractivity contribution in [3.05, 3.63) is 64.7 Å². The van der Waals surface area contributed by atoms with Crippen LogP contribution in [-0.2, 0) is 26.3 Å². The van der Waals surface area contributed by atoms with E-state index in [2.05, 4.69) is 34.3 Å². The van der Waals surface area contributed by atoms with Gasteiger partial charge in [0.25, 0.3) is 11.8 Å². The Hall–Kier alpha value is -4.36. The molecule has 2 N–H and O–H groups in total. The average Bonchev–Trinajstić information content (AvgIpc) is 3.62. The van der Waals surface area contributed by atoms with E-state index in [-0.39, 0.29) is 11.9 Å². The molecule has 0 aromatic heterocycles. The van der Waals surface area contributed by atoms with E-state index < -0.39 is 23.4 Å².